The zero-order chi connectivity index (χ0) is 21.4. The number of nitrogens with one attached hydrogen (secondary N) is 2. The van der Waals surface area contributed by atoms with Crippen molar-refractivity contribution in [1.29, 1.82) is 0 Å². The molecule has 0 spiro atoms. The Morgan fingerprint density at radius 1 is 1.00 bits per heavy atom. The van der Waals surface area contributed by atoms with Crippen molar-refractivity contribution >= 4 is 27.7 Å². The van der Waals surface area contributed by atoms with Crippen LogP contribution in [0.3, 0.4) is 0 Å². The second-order valence-electron chi connectivity index (χ2n) is 6.72. The van der Waals surface area contributed by atoms with Gasteiger partial charge in [0, 0.05) is 36.4 Å². The summed E-state index contributed by atoms with van der Waals surface area (Å²) >= 11 is 1.67. The van der Waals surface area contributed by atoms with Crippen LogP contribution in [0.5, 0.6) is 0 Å². The molecule has 0 heterocycles. The third-order valence-electron chi connectivity index (χ3n) is 4.50. The maximum atomic E-state index is 12.6. The molecule has 2 aromatic rings. The quantitative estimate of drug-likeness (QED) is 0.442. The molecule has 1 amide bonds. The number of methoxy groups -OCH3 is 1. The van der Waals surface area contributed by atoms with Gasteiger partial charge in [0.1, 0.15) is 0 Å². The van der Waals surface area contributed by atoms with Gasteiger partial charge in [-0.1, -0.05) is 12.1 Å². The first-order valence-electron chi connectivity index (χ1n) is 9.32. The summed E-state index contributed by atoms with van der Waals surface area (Å²) in [7, 11) is -2.19. The lowest BCUT2D eigenvalue weighted by Gasteiger charge is -2.11. The summed E-state index contributed by atoms with van der Waals surface area (Å²) in [5, 5.41) is 2.87. The van der Waals surface area contributed by atoms with Crippen molar-refractivity contribution in [2.24, 2.45) is 0 Å². The van der Waals surface area contributed by atoms with Gasteiger partial charge >= 0.3 is 0 Å². The van der Waals surface area contributed by atoms with Crippen LogP contribution in [-0.4, -0.2) is 46.9 Å². The Hall–Kier alpha value is -1.87. The summed E-state index contributed by atoms with van der Waals surface area (Å²) in [6.45, 7) is 6.87. The fourth-order valence-corrected chi connectivity index (χ4v) is 4.51. The lowest BCUT2D eigenvalue weighted by molar-refractivity contribution is 0.0955. The second kappa shape index (κ2) is 10.8. The number of carbonyl (C=O) groups is 1. The van der Waals surface area contributed by atoms with Gasteiger partial charge in [0.2, 0.25) is 10.0 Å². The van der Waals surface area contributed by atoms with E-state index in [0.717, 1.165) is 16.2 Å². The minimum absolute atomic E-state index is 0.0638. The molecule has 0 atom stereocenters. The van der Waals surface area contributed by atoms with E-state index < -0.39 is 10.0 Å². The number of hydrogen-bond donors (Lipinski definition) is 2. The fraction of sp³-hybridized carbons (Fsp3) is 0.381. The van der Waals surface area contributed by atoms with E-state index in [1.54, 1.807) is 24.8 Å². The van der Waals surface area contributed by atoms with Gasteiger partial charge in [-0.05, 0) is 61.7 Å². The Morgan fingerprint density at radius 3 is 2.41 bits per heavy atom. The number of sulfonamides is 1. The summed E-state index contributed by atoms with van der Waals surface area (Å²) < 4.78 is 32.0. The van der Waals surface area contributed by atoms with Gasteiger partial charge in [0.05, 0.1) is 11.5 Å². The number of thioether (sulfide) groups is 1. The van der Waals surface area contributed by atoms with Crippen LogP contribution in [-0.2, 0) is 14.8 Å². The molecule has 0 saturated carbocycles. The number of hydrogen-bond acceptors (Lipinski definition) is 5. The molecule has 158 valence electrons. The molecular formula is C21H28N2O4S2. The molecular weight excluding hydrogens is 408 g/mol. The van der Waals surface area contributed by atoms with Crippen LogP contribution in [0, 0.1) is 20.8 Å². The molecule has 0 aliphatic rings. The van der Waals surface area contributed by atoms with E-state index in [0.29, 0.717) is 12.1 Å². The highest BCUT2D eigenvalue weighted by molar-refractivity contribution is 7.99. The highest BCUT2D eigenvalue weighted by Crippen LogP contribution is 2.21. The van der Waals surface area contributed by atoms with Crippen molar-refractivity contribution in [3.05, 3.63) is 58.7 Å². The van der Waals surface area contributed by atoms with Crippen molar-refractivity contribution in [3.8, 4) is 0 Å². The normalized spacial score (nSPS) is 11.4. The Kier molecular flexibility index (Phi) is 8.70. The highest BCUT2D eigenvalue weighted by atomic mass is 32.2. The third kappa shape index (κ3) is 6.85. The zero-order valence-corrected chi connectivity index (χ0v) is 18.9. The first-order valence-corrected chi connectivity index (χ1v) is 11.8. The predicted octanol–water partition coefficient (Wildman–Crippen LogP) is 3.06. The largest absolute Gasteiger partial charge is 0.383 e. The third-order valence-corrected chi connectivity index (χ3v) is 6.95. The Morgan fingerprint density at radius 2 is 1.72 bits per heavy atom. The molecule has 8 heteroatoms. The summed E-state index contributed by atoms with van der Waals surface area (Å²) in [6, 6.07) is 10.9. The smallest absolute Gasteiger partial charge is 0.251 e. The maximum absolute atomic E-state index is 12.6. The molecule has 29 heavy (non-hydrogen) atoms. The van der Waals surface area contributed by atoms with Crippen LogP contribution in [0.1, 0.15) is 27.0 Å². The number of amides is 1. The van der Waals surface area contributed by atoms with Crippen molar-refractivity contribution < 1.29 is 17.9 Å². The van der Waals surface area contributed by atoms with E-state index >= 15 is 0 Å². The first-order chi connectivity index (χ1) is 13.7. The number of benzene rings is 2. The topological polar surface area (TPSA) is 84.5 Å². The summed E-state index contributed by atoms with van der Waals surface area (Å²) in [5.41, 5.74) is 3.58. The van der Waals surface area contributed by atoms with E-state index in [2.05, 4.69) is 42.1 Å². The predicted molar refractivity (Wildman–Crippen MR) is 117 cm³/mol. The van der Waals surface area contributed by atoms with Crippen molar-refractivity contribution in [1.82, 2.24) is 10.0 Å². The van der Waals surface area contributed by atoms with Gasteiger partial charge in [-0.15, -0.1) is 11.8 Å². The summed E-state index contributed by atoms with van der Waals surface area (Å²) in [5.74, 6) is 0.446. The van der Waals surface area contributed by atoms with Gasteiger partial charge < -0.3 is 10.1 Å². The number of aryl methyl sites for hydroxylation is 3. The molecule has 2 rings (SSSR count). The SMILES string of the molecule is COCCNS(=O)(=O)c1ccc(C)c(C(=O)NCCSc2ccc(C)c(C)c2)c1. The molecule has 2 N–H and O–H groups in total. The lowest BCUT2D eigenvalue weighted by atomic mass is 10.1. The van der Waals surface area contributed by atoms with Crippen molar-refractivity contribution in [2.75, 3.05) is 32.6 Å². The molecule has 0 bridgehead atoms. The van der Waals surface area contributed by atoms with Crippen LogP contribution in [0.25, 0.3) is 0 Å². The van der Waals surface area contributed by atoms with Crippen molar-refractivity contribution in [2.45, 2.75) is 30.6 Å². The average molecular weight is 437 g/mol. The molecule has 2 aromatic carbocycles. The Balaban J connectivity index is 1.96. The second-order valence-corrected chi connectivity index (χ2v) is 9.65. The molecule has 0 fully saturated rings. The number of carbonyl (C=O) groups excluding carboxylic acids is 1. The van der Waals surface area contributed by atoms with Gasteiger partial charge in [0.25, 0.3) is 5.91 Å². The van der Waals surface area contributed by atoms with E-state index in [-0.39, 0.29) is 24.0 Å². The van der Waals surface area contributed by atoms with E-state index in [4.69, 9.17) is 4.74 Å². The summed E-state index contributed by atoms with van der Waals surface area (Å²) in [4.78, 5) is 13.8. The highest BCUT2D eigenvalue weighted by Gasteiger charge is 2.17. The Bertz CT molecular complexity index is 959. The Labute approximate surface area is 177 Å². The first kappa shape index (κ1) is 23.4. The minimum Gasteiger partial charge on any atom is -0.383 e. The molecule has 0 saturated heterocycles. The minimum atomic E-state index is -3.69. The van der Waals surface area contributed by atoms with Crippen LogP contribution in [0.15, 0.2) is 46.2 Å². The van der Waals surface area contributed by atoms with Gasteiger partial charge in [-0.25, -0.2) is 13.1 Å². The van der Waals surface area contributed by atoms with E-state index in [1.165, 1.54) is 30.4 Å². The van der Waals surface area contributed by atoms with Crippen LogP contribution >= 0.6 is 11.8 Å². The van der Waals surface area contributed by atoms with Crippen LogP contribution < -0.4 is 10.0 Å². The van der Waals surface area contributed by atoms with Crippen molar-refractivity contribution in [3.63, 3.8) is 0 Å². The van der Waals surface area contributed by atoms with Crippen LogP contribution in [0.4, 0.5) is 0 Å². The van der Waals surface area contributed by atoms with E-state index in [9.17, 15) is 13.2 Å². The number of ether oxygens (including phenoxy) is 1. The van der Waals surface area contributed by atoms with Gasteiger partial charge in [-0.2, -0.15) is 0 Å². The van der Waals surface area contributed by atoms with Crippen LogP contribution in [0.2, 0.25) is 0 Å². The molecule has 0 aliphatic heterocycles. The van der Waals surface area contributed by atoms with Gasteiger partial charge in [-0.3, -0.25) is 4.79 Å². The fourth-order valence-electron chi connectivity index (χ4n) is 2.61. The molecule has 0 aliphatic carbocycles. The zero-order valence-electron chi connectivity index (χ0n) is 17.2. The molecule has 0 radical (unpaired) electrons. The summed E-state index contributed by atoms with van der Waals surface area (Å²) in [6.07, 6.45) is 0. The van der Waals surface area contributed by atoms with E-state index in [1.807, 2.05) is 0 Å². The average Bonchev–Trinajstić information content (AvgIpc) is 2.68. The molecule has 0 aromatic heterocycles. The van der Waals surface area contributed by atoms with Gasteiger partial charge in [0.15, 0.2) is 0 Å². The lowest BCUT2D eigenvalue weighted by Crippen LogP contribution is -2.29. The molecule has 0 unspecified atom stereocenters. The standard InChI is InChI=1S/C21H28N2O4S2/c1-15-5-7-18(13-17(15)3)28-12-10-22-21(24)20-14-19(8-6-16(20)2)29(25,26)23-9-11-27-4/h5-8,13-14,23H,9-12H2,1-4H3,(H,22,24). The monoisotopic (exact) mass is 436 g/mol. The maximum Gasteiger partial charge on any atom is 0.251 e. The molecule has 6 nitrogen and oxygen atoms in total. The number of rotatable bonds is 10.